The first-order valence-electron chi connectivity index (χ1n) is 20.4. The molecule has 0 unspecified atom stereocenters. The van der Waals surface area contributed by atoms with Crippen LogP contribution in [-0.2, 0) is 53.4 Å². The van der Waals surface area contributed by atoms with Crippen molar-refractivity contribution in [2.24, 2.45) is 11.8 Å². The minimum Gasteiger partial charge on any atom is -0.497 e. The molecule has 1 N–H and O–H groups in total. The molecule has 12 nitrogen and oxygen atoms in total. The maximum Gasteiger partial charge on any atom is 0.198 e. The molecule has 56 heavy (non-hydrogen) atoms. The molecule has 10 atom stereocenters. The number of aliphatic hydroxyl groups excluding tert-OH is 1. The fraction of sp³-hybridized carbons (Fsp3) is 0.857. The largest absolute Gasteiger partial charge is 0.497 e. The monoisotopic (exact) mass is 831 g/mol. The van der Waals surface area contributed by atoms with Crippen molar-refractivity contribution in [1.82, 2.24) is 0 Å². The third-order valence-corrected chi connectivity index (χ3v) is 21.6. The number of ether oxygens (including phenoxy) is 9. The lowest BCUT2D eigenvalue weighted by molar-refractivity contribution is -0.370. The summed E-state index contributed by atoms with van der Waals surface area (Å²) in [6.07, 6.45) is -1.78. The van der Waals surface area contributed by atoms with E-state index in [1.807, 2.05) is 31.2 Å². The maximum absolute atomic E-state index is 11.8. The highest BCUT2D eigenvalue weighted by atomic mass is 28.4. The number of hydrogen-bond donors (Lipinski definition) is 1. The van der Waals surface area contributed by atoms with Crippen LogP contribution in [0.1, 0.15) is 86.6 Å². The van der Waals surface area contributed by atoms with Crippen LogP contribution >= 0.6 is 0 Å². The average molecular weight is 831 g/mol. The Morgan fingerprint density at radius 1 is 0.821 bits per heavy atom. The highest BCUT2D eigenvalue weighted by molar-refractivity contribution is 6.74. The quantitative estimate of drug-likeness (QED) is 0.0730. The standard InChI is InChI=1S/C42H78O12Si2/c1-29-33(43)25-42(47-12,52-34(29)19-17-18-24-48-26-31-20-22-32(46-11)23-21-31)38(53-55(13,14)40(3,4)5)36-30(2)35(49-27-44-9)37(50-28-45-10)39(51-36)54-56(15,16)41(6,7)8/h20-23,29-30,33-39,43H,17-19,24-28H2,1-16H3/t29-,30-,33+,34-,35-,36-,37+,38+,39-,42-/m1/s1. The third kappa shape index (κ3) is 12.5. The molecule has 0 amide bonds. The van der Waals surface area contributed by atoms with Crippen LogP contribution in [0.5, 0.6) is 5.75 Å². The van der Waals surface area contributed by atoms with Crippen LogP contribution in [0.15, 0.2) is 24.3 Å². The molecule has 0 aromatic heterocycles. The molecule has 0 aliphatic carbocycles. The topological polar surface area (TPSA) is 122 Å². The first kappa shape index (κ1) is 49.4. The predicted octanol–water partition coefficient (Wildman–Crippen LogP) is 8.26. The van der Waals surface area contributed by atoms with Crippen molar-refractivity contribution < 1.29 is 56.6 Å². The summed E-state index contributed by atoms with van der Waals surface area (Å²) in [5, 5.41) is 11.5. The van der Waals surface area contributed by atoms with Crippen molar-refractivity contribution in [3.8, 4) is 5.75 Å². The van der Waals surface area contributed by atoms with Crippen LogP contribution < -0.4 is 4.74 Å². The Morgan fingerprint density at radius 3 is 1.95 bits per heavy atom. The maximum atomic E-state index is 11.8. The molecule has 326 valence electrons. The molecule has 3 rings (SSSR count). The van der Waals surface area contributed by atoms with E-state index in [-0.39, 0.29) is 48.0 Å². The van der Waals surface area contributed by atoms with Crippen molar-refractivity contribution in [2.75, 3.05) is 48.6 Å². The van der Waals surface area contributed by atoms with Gasteiger partial charge in [-0.15, -0.1) is 0 Å². The Bertz CT molecular complexity index is 1290. The second kappa shape index (κ2) is 21.0. The van der Waals surface area contributed by atoms with Gasteiger partial charge in [-0.1, -0.05) is 67.5 Å². The van der Waals surface area contributed by atoms with E-state index in [4.69, 9.17) is 51.5 Å². The summed E-state index contributed by atoms with van der Waals surface area (Å²) < 4.78 is 70.2. The minimum atomic E-state index is -2.54. The van der Waals surface area contributed by atoms with Gasteiger partial charge in [0.1, 0.15) is 31.5 Å². The number of hydrogen-bond acceptors (Lipinski definition) is 12. The molecule has 1 aromatic carbocycles. The van der Waals surface area contributed by atoms with Crippen LogP contribution in [0.25, 0.3) is 0 Å². The predicted molar refractivity (Wildman–Crippen MR) is 223 cm³/mol. The van der Waals surface area contributed by atoms with E-state index in [9.17, 15) is 5.11 Å². The molecule has 14 heteroatoms. The summed E-state index contributed by atoms with van der Waals surface area (Å²) in [5.74, 6) is -0.959. The second-order valence-corrected chi connectivity index (χ2v) is 28.3. The smallest absolute Gasteiger partial charge is 0.198 e. The number of unbranched alkanes of at least 4 members (excludes halogenated alkanes) is 1. The van der Waals surface area contributed by atoms with Gasteiger partial charge in [0.15, 0.2) is 28.7 Å². The number of rotatable bonds is 21. The molecule has 1 aromatic rings. The van der Waals surface area contributed by atoms with Crippen LogP contribution in [-0.4, -0.2) is 119 Å². The molecule has 0 radical (unpaired) electrons. The zero-order valence-electron chi connectivity index (χ0n) is 37.6. The van der Waals surface area contributed by atoms with E-state index in [1.54, 1.807) is 28.4 Å². The van der Waals surface area contributed by atoms with Gasteiger partial charge >= 0.3 is 0 Å². The van der Waals surface area contributed by atoms with Crippen LogP contribution in [0, 0.1) is 11.8 Å². The fourth-order valence-electron chi connectivity index (χ4n) is 6.87. The summed E-state index contributed by atoms with van der Waals surface area (Å²) >= 11 is 0. The van der Waals surface area contributed by atoms with Crippen LogP contribution in [0.2, 0.25) is 36.3 Å². The van der Waals surface area contributed by atoms with Crippen molar-refractivity contribution in [1.29, 1.82) is 0 Å². The molecule has 0 bridgehead atoms. The van der Waals surface area contributed by atoms with Gasteiger partial charge in [0, 0.05) is 46.2 Å². The molecule has 2 fully saturated rings. The number of aliphatic hydroxyl groups is 1. The molecule has 2 aliphatic rings. The van der Waals surface area contributed by atoms with Crippen molar-refractivity contribution in [2.45, 2.75) is 173 Å². The minimum absolute atomic E-state index is 0.0307. The summed E-state index contributed by atoms with van der Waals surface area (Å²) in [7, 11) is 1.54. The zero-order valence-corrected chi connectivity index (χ0v) is 39.6. The molecular formula is C42H78O12Si2. The molecule has 2 aliphatic heterocycles. The zero-order chi connectivity index (χ0) is 42.1. The van der Waals surface area contributed by atoms with Gasteiger partial charge in [-0.25, -0.2) is 0 Å². The molecule has 0 spiro atoms. The van der Waals surface area contributed by atoms with Gasteiger partial charge in [-0.3, -0.25) is 0 Å². The summed E-state index contributed by atoms with van der Waals surface area (Å²) in [5.41, 5.74) is 1.10. The Hall–Kier alpha value is -0.986. The fourth-order valence-corrected chi connectivity index (χ4v) is 9.30. The molecule has 2 heterocycles. The summed E-state index contributed by atoms with van der Waals surface area (Å²) in [6, 6.07) is 7.91. The van der Waals surface area contributed by atoms with Gasteiger partial charge in [-0.05, 0) is 73.2 Å². The van der Waals surface area contributed by atoms with Gasteiger partial charge in [-0.2, -0.15) is 0 Å². The Kier molecular flexibility index (Phi) is 18.5. The van der Waals surface area contributed by atoms with Crippen molar-refractivity contribution in [3.63, 3.8) is 0 Å². The second-order valence-electron chi connectivity index (χ2n) is 18.8. The first-order valence-corrected chi connectivity index (χ1v) is 26.2. The Labute approximate surface area is 341 Å². The van der Waals surface area contributed by atoms with Gasteiger partial charge in [0.2, 0.25) is 0 Å². The molecular weight excluding hydrogens is 753 g/mol. The van der Waals surface area contributed by atoms with E-state index in [1.165, 1.54) is 0 Å². The van der Waals surface area contributed by atoms with Crippen molar-refractivity contribution in [3.05, 3.63) is 29.8 Å². The van der Waals surface area contributed by atoms with Gasteiger partial charge in [0.25, 0.3) is 0 Å². The van der Waals surface area contributed by atoms with E-state index >= 15 is 0 Å². The van der Waals surface area contributed by atoms with Crippen LogP contribution in [0.4, 0.5) is 0 Å². The number of methoxy groups -OCH3 is 4. The highest BCUT2D eigenvalue weighted by Gasteiger charge is 2.61. The van der Waals surface area contributed by atoms with Crippen LogP contribution in [0.3, 0.4) is 0 Å². The van der Waals surface area contributed by atoms with E-state index < -0.39 is 59.2 Å². The van der Waals surface area contributed by atoms with E-state index in [0.29, 0.717) is 19.6 Å². The first-order chi connectivity index (χ1) is 26.1. The Morgan fingerprint density at radius 2 is 1.41 bits per heavy atom. The van der Waals surface area contributed by atoms with Gasteiger partial charge in [0.05, 0.1) is 38.1 Å². The lowest BCUT2D eigenvalue weighted by Crippen LogP contribution is -2.69. The lowest BCUT2D eigenvalue weighted by atomic mass is 9.79. The Balaban J connectivity index is 1.99. The highest BCUT2D eigenvalue weighted by Crippen LogP contribution is 2.48. The average Bonchev–Trinajstić information content (AvgIpc) is 3.12. The summed E-state index contributed by atoms with van der Waals surface area (Å²) in [6.45, 7) is 27.4. The van der Waals surface area contributed by atoms with Crippen molar-refractivity contribution >= 4 is 16.6 Å². The summed E-state index contributed by atoms with van der Waals surface area (Å²) in [4.78, 5) is 0. The normalized spacial score (nSPS) is 30.0. The van der Waals surface area contributed by atoms with E-state index in [2.05, 4.69) is 74.7 Å². The third-order valence-electron chi connectivity index (χ3n) is 12.7. The van der Waals surface area contributed by atoms with E-state index in [0.717, 1.165) is 24.2 Å². The molecule has 0 saturated carbocycles. The SMILES string of the molecule is COCO[C@@H]1[C@@H](O[Si](C)(C)C(C)(C)C)O[C@@H]([C@H](O[Si](C)(C)C(C)(C)C)[C@@]2(OC)C[C@H](O)[C@@H](C)[C@@H](CCCCOCc3ccc(OC)cc3)O2)[C@H](C)[C@H]1OCOC. The lowest BCUT2D eigenvalue weighted by Gasteiger charge is -2.56. The number of benzene rings is 1. The molecule has 2 saturated heterocycles. The van der Waals surface area contributed by atoms with Gasteiger partial charge < -0.3 is 56.6 Å².